The van der Waals surface area contributed by atoms with Gasteiger partial charge in [-0.3, -0.25) is 28.8 Å². The average Bonchev–Trinajstić information content (AvgIpc) is 3.53. The molecule has 274 valence electrons. The number of alkyl carbamates (subject to hydrolysis) is 1. The normalized spacial score (nSPS) is 12.8. The molecule has 0 radical (unpaired) electrons. The van der Waals surface area contributed by atoms with Crippen molar-refractivity contribution in [2.24, 2.45) is 11.7 Å². The number of carbonyl (C=O) groups excluding carboxylic acids is 6. The van der Waals surface area contributed by atoms with E-state index in [1.807, 2.05) is 13.8 Å². The SMILES string of the molecule is CC(=O)F.CC(C)C[C@H](NC(=O)OCc1ccccc1)C(=O)N[C@@H](CCC(N)=O)C(=O)N[C@@H](Cc1cnc[nH]1)C(=O)N[C@@H](CC(=O)O)C(=O)O. The predicted molar refractivity (Wildman–Crippen MR) is 171 cm³/mol. The molecule has 5 amide bonds. The highest BCUT2D eigenvalue weighted by molar-refractivity contribution is 5.95. The second-order valence-electron chi connectivity index (χ2n) is 11.3. The van der Waals surface area contributed by atoms with E-state index >= 15 is 0 Å². The maximum atomic E-state index is 13.5. The van der Waals surface area contributed by atoms with Crippen LogP contribution < -0.4 is 27.0 Å². The summed E-state index contributed by atoms with van der Waals surface area (Å²) in [7, 11) is 0. The molecule has 0 saturated heterocycles. The number of nitrogens with zero attached hydrogens (tertiary/aromatic N) is 1. The molecule has 0 saturated carbocycles. The number of H-pyrrole nitrogens is 1. The zero-order valence-electron chi connectivity index (χ0n) is 27.6. The van der Waals surface area contributed by atoms with Crippen molar-refractivity contribution in [3.8, 4) is 0 Å². The average molecular weight is 708 g/mol. The lowest BCUT2D eigenvalue weighted by Gasteiger charge is -2.26. The lowest BCUT2D eigenvalue weighted by atomic mass is 10.0. The third-order valence-electron chi connectivity index (χ3n) is 6.45. The molecule has 9 N–H and O–H groups in total. The number of aromatic nitrogens is 2. The number of ether oxygens (including phenoxy) is 1. The second-order valence-corrected chi connectivity index (χ2v) is 11.3. The van der Waals surface area contributed by atoms with Gasteiger partial charge in [-0.1, -0.05) is 44.2 Å². The number of hydrogen-bond donors (Lipinski definition) is 8. The lowest BCUT2D eigenvalue weighted by molar-refractivity contribution is -0.147. The van der Waals surface area contributed by atoms with Gasteiger partial charge in [-0.05, 0) is 24.3 Å². The number of primary amides is 1. The summed E-state index contributed by atoms with van der Waals surface area (Å²) in [5.74, 6) is -6.70. The minimum atomic E-state index is -1.80. The molecule has 1 aromatic heterocycles. The van der Waals surface area contributed by atoms with Crippen LogP contribution in [0.1, 0.15) is 57.7 Å². The van der Waals surface area contributed by atoms with Crippen molar-refractivity contribution in [1.82, 2.24) is 31.2 Å². The Balaban J connectivity index is 0.00000295. The van der Waals surface area contributed by atoms with Crippen molar-refractivity contribution >= 4 is 47.7 Å². The van der Waals surface area contributed by atoms with Crippen LogP contribution in [-0.4, -0.2) is 92.0 Å². The minimum Gasteiger partial charge on any atom is -0.481 e. The Hall–Kier alpha value is -5.88. The molecule has 0 aliphatic carbocycles. The second kappa shape index (κ2) is 21.9. The van der Waals surface area contributed by atoms with E-state index in [4.69, 9.17) is 20.4 Å². The minimum absolute atomic E-state index is 0.0542. The quantitative estimate of drug-likeness (QED) is 0.0901. The van der Waals surface area contributed by atoms with Gasteiger partial charge in [0.25, 0.3) is 6.04 Å². The molecule has 0 spiro atoms. The monoisotopic (exact) mass is 707 g/mol. The Morgan fingerprint density at radius 2 is 1.44 bits per heavy atom. The Morgan fingerprint density at radius 3 is 1.96 bits per heavy atom. The summed E-state index contributed by atoms with van der Waals surface area (Å²) < 4.78 is 15.6. The zero-order chi connectivity index (χ0) is 37.8. The van der Waals surface area contributed by atoms with Gasteiger partial charge in [0.2, 0.25) is 23.6 Å². The standard InChI is InChI=1S/C29H39N7O10.C2H3FO/c1-16(2)10-20(36-29(45)46-14-17-6-4-3-5-7-17)26(41)33-19(8-9-23(30)37)25(40)34-21(11-18-13-31-15-32-18)27(42)35-22(28(43)44)12-24(38)39;1-2(3)4/h3-7,13,15-16,19-22H,8-12,14H2,1-2H3,(H2,30,37)(H,31,32)(H,33,41)(H,34,40)(H,35,42)(H,36,45)(H,38,39)(H,43,44);1H3/t19-,20-,21-,22-;/m0./s1. The van der Waals surface area contributed by atoms with Gasteiger partial charge in [0.05, 0.1) is 12.7 Å². The van der Waals surface area contributed by atoms with Crippen molar-refractivity contribution in [2.45, 2.75) is 83.6 Å². The van der Waals surface area contributed by atoms with Gasteiger partial charge in [-0.25, -0.2) is 14.6 Å². The van der Waals surface area contributed by atoms with Crippen molar-refractivity contribution in [3.05, 3.63) is 54.1 Å². The first kappa shape index (κ1) is 42.1. The van der Waals surface area contributed by atoms with Gasteiger partial charge in [0.15, 0.2) is 0 Å². The molecule has 1 aromatic carbocycles. The summed E-state index contributed by atoms with van der Waals surface area (Å²) in [6.45, 7) is 4.42. The maximum Gasteiger partial charge on any atom is 0.408 e. The molecule has 50 heavy (non-hydrogen) atoms. The smallest absolute Gasteiger partial charge is 0.408 e. The predicted octanol–water partition coefficient (Wildman–Crippen LogP) is 0.0749. The molecule has 0 aliphatic rings. The van der Waals surface area contributed by atoms with Crippen LogP contribution in [-0.2, 0) is 51.3 Å². The fraction of sp³-hybridized carbons (Fsp3) is 0.452. The number of carbonyl (C=O) groups is 8. The molecule has 18 nitrogen and oxygen atoms in total. The van der Waals surface area contributed by atoms with Crippen molar-refractivity contribution in [2.75, 3.05) is 0 Å². The van der Waals surface area contributed by atoms with Crippen LogP contribution in [0.25, 0.3) is 0 Å². The third kappa shape index (κ3) is 17.9. The van der Waals surface area contributed by atoms with Crippen molar-refractivity contribution < 1.29 is 57.7 Å². The molecule has 0 unspecified atom stereocenters. The molecule has 19 heteroatoms. The number of hydrogen-bond acceptors (Lipinski definition) is 10. The highest BCUT2D eigenvalue weighted by Gasteiger charge is 2.32. The fourth-order valence-corrected chi connectivity index (χ4v) is 4.18. The van der Waals surface area contributed by atoms with E-state index in [1.165, 1.54) is 12.5 Å². The number of carboxylic acid groups (broad SMARTS) is 2. The van der Waals surface area contributed by atoms with E-state index in [9.17, 15) is 43.1 Å². The van der Waals surface area contributed by atoms with Crippen LogP contribution in [0.4, 0.5) is 9.18 Å². The molecular weight excluding hydrogens is 665 g/mol. The molecule has 0 aliphatic heterocycles. The Kier molecular flexibility index (Phi) is 18.4. The Morgan fingerprint density at radius 1 is 0.880 bits per heavy atom. The molecule has 0 bridgehead atoms. The van der Waals surface area contributed by atoms with Crippen LogP contribution in [0.5, 0.6) is 0 Å². The summed E-state index contributed by atoms with van der Waals surface area (Å²) in [5.41, 5.74) is 6.35. The van der Waals surface area contributed by atoms with Gasteiger partial charge in [0, 0.05) is 31.7 Å². The first-order chi connectivity index (χ1) is 23.5. The van der Waals surface area contributed by atoms with Crippen LogP contribution in [0.15, 0.2) is 42.9 Å². The number of aliphatic carboxylic acids is 2. The number of benzene rings is 1. The highest BCUT2D eigenvalue weighted by atomic mass is 19.1. The van der Waals surface area contributed by atoms with Gasteiger partial charge < -0.3 is 46.9 Å². The van der Waals surface area contributed by atoms with E-state index in [0.29, 0.717) is 5.69 Å². The zero-order valence-corrected chi connectivity index (χ0v) is 27.6. The summed E-state index contributed by atoms with van der Waals surface area (Å²) in [6.07, 6.45) is 0.156. The van der Waals surface area contributed by atoms with Gasteiger partial charge >= 0.3 is 18.0 Å². The largest absolute Gasteiger partial charge is 0.481 e. The first-order valence-corrected chi connectivity index (χ1v) is 15.2. The summed E-state index contributed by atoms with van der Waals surface area (Å²) in [6, 6.07) is 1.67. The third-order valence-corrected chi connectivity index (χ3v) is 6.45. The van der Waals surface area contributed by atoms with Crippen molar-refractivity contribution in [1.29, 1.82) is 0 Å². The molecule has 1 heterocycles. The van der Waals surface area contributed by atoms with Gasteiger partial charge in [-0.15, -0.1) is 0 Å². The summed E-state index contributed by atoms with van der Waals surface area (Å²) in [4.78, 5) is 102. The molecule has 2 aromatic rings. The van der Waals surface area contributed by atoms with Crippen LogP contribution >= 0.6 is 0 Å². The number of carboxylic acids is 2. The van der Waals surface area contributed by atoms with E-state index < -0.39 is 78.3 Å². The Bertz CT molecular complexity index is 1450. The highest BCUT2D eigenvalue weighted by Crippen LogP contribution is 2.09. The molecule has 4 atom stereocenters. The van der Waals surface area contributed by atoms with Gasteiger partial charge in [0.1, 0.15) is 30.8 Å². The van der Waals surface area contributed by atoms with Crippen molar-refractivity contribution in [3.63, 3.8) is 0 Å². The molecule has 0 fully saturated rings. The first-order valence-electron chi connectivity index (χ1n) is 15.2. The van der Waals surface area contributed by atoms with Crippen LogP contribution in [0.2, 0.25) is 0 Å². The fourth-order valence-electron chi connectivity index (χ4n) is 4.18. The van der Waals surface area contributed by atoms with Crippen LogP contribution in [0, 0.1) is 5.92 Å². The van der Waals surface area contributed by atoms with Gasteiger partial charge in [-0.2, -0.15) is 4.39 Å². The Labute approximate surface area is 286 Å². The van der Waals surface area contributed by atoms with E-state index in [0.717, 1.165) is 12.5 Å². The van der Waals surface area contributed by atoms with E-state index in [1.54, 1.807) is 30.3 Å². The number of amides is 5. The molecular formula is C31H42FN7O11. The van der Waals surface area contributed by atoms with E-state index in [-0.39, 0.29) is 38.2 Å². The molecule has 2 rings (SSSR count). The number of rotatable bonds is 19. The number of halogens is 1. The van der Waals surface area contributed by atoms with E-state index in [2.05, 4.69) is 31.2 Å². The maximum absolute atomic E-state index is 13.5. The van der Waals surface area contributed by atoms with Crippen LogP contribution in [0.3, 0.4) is 0 Å². The lowest BCUT2D eigenvalue weighted by Crippen LogP contribution is -2.58. The summed E-state index contributed by atoms with van der Waals surface area (Å²) in [5, 5.41) is 27.9. The number of nitrogens with one attached hydrogen (secondary N) is 5. The topological polar surface area (TPSA) is 289 Å². The number of aromatic amines is 1. The number of imidazole rings is 1. The summed E-state index contributed by atoms with van der Waals surface area (Å²) >= 11 is 0. The number of nitrogens with two attached hydrogens (primary N) is 1.